The molecule has 1 amide bonds. The second kappa shape index (κ2) is 13.6. The summed E-state index contributed by atoms with van der Waals surface area (Å²) in [5.41, 5.74) is 3.87. The highest BCUT2D eigenvalue weighted by Gasteiger charge is 2.11. The third-order valence-corrected chi connectivity index (χ3v) is 5.87. The van der Waals surface area contributed by atoms with E-state index in [1.165, 1.54) is 5.57 Å². The van der Waals surface area contributed by atoms with Crippen molar-refractivity contribution in [1.82, 2.24) is 10.3 Å². The molecule has 0 aliphatic carbocycles. The molecule has 0 fully saturated rings. The van der Waals surface area contributed by atoms with Crippen LogP contribution in [0.25, 0.3) is 10.8 Å². The second-order valence-corrected chi connectivity index (χ2v) is 8.81. The Balaban J connectivity index is 2.15. The Morgan fingerprint density at radius 2 is 1.94 bits per heavy atom. The summed E-state index contributed by atoms with van der Waals surface area (Å²) in [6.07, 6.45) is 14.5. The zero-order chi connectivity index (χ0) is 25.1. The molecule has 2 rings (SSSR count). The summed E-state index contributed by atoms with van der Waals surface area (Å²) >= 11 is 6.21. The molecule has 4 nitrogen and oxygen atoms in total. The quantitative estimate of drug-likeness (QED) is 0.271. The zero-order valence-corrected chi connectivity index (χ0v) is 21.8. The van der Waals surface area contributed by atoms with Gasteiger partial charge in [0.05, 0.1) is 0 Å². The van der Waals surface area contributed by atoms with Gasteiger partial charge in [0, 0.05) is 34.4 Å². The van der Waals surface area contributed by atoms with Gasteiger partial charge in [0.2, 0.25) is 0 Å². The maximum absolute atomic E-state index is 12.8. The molecule has 0 aliphatic rings. The van der Waals surface area contributed by atoms with Crippen molar-refractivity contribution in [2.24, 2.45) is 5.92 Å². The smallest absolute Gasteiger partial charge is 0.250 e. The van der Waals surface area contributed by atoms with E-state index in [9.17, 15) is 4.79 Å². The van der Waals surface area contributed by atoms with E-state index in [1.54, 1.807) is 6.20 Å². The van der Waals surface area contributed by atoms with Crippen LogP contribution >= 0.6 is 11.6 Å². The minimum absolute atomic E-state index is 0.0877. The maximum Gasteiger partial charge on any atom is 0.250 e. The Morgan fingerprint density at radius 1 is 1.18 bits per heavy atom. The van der Waals surface area contributed by atoms with Gasteiger partial charge in [-0.2, -0.15) is 0 Å². The Kier molecular flexibility index (Phi) is 10.8. The van der Waals surface area contributed by atoms with Crippen LogP contribution in [0.1, 0.15) is 48.0 Å². The molecule has 1 unspecified atom stereocenters. The van der Waals surface area contributed by atoms with E-state index >= 15 is 0 Å². The lowest BCUT2D eigenvalue weighted by Crippen LogP contribution is -2.29. The van der Waals surface area contributed by atoms with E-state index in [1.807, 2.05) is 82.3 Å². The molecule has 0 aliphatic heterocycles. The molecule has 0 spiro atoms. The fraction of sp³-hybridized carbons (Fsp3) is 0.310. The molecule has 1 heterocycles. The predicted octanol–water partition coefficient (Wildman–Crippen LogP) is 7.76. The number of hydrogen-bond acceptors (Lipinski definition) is 3. The molecule has 0 radical (unpaired) electrons. The molecular weight excluding hydrogens is 442 g/mol. The van der Waals surface area contributed by atoms with Gasteiger partial charge in [-0.05, 0) is 75.8 Å². The summed E-state index contributed by atoms with van der Waals surface area (Å²) in [7, 11) is 0. The van der Waals surface area contributed by atoms with Crippen LogP contribution in [0.2, 0.25) is 5.02 Å². The number of allylic oxidation sites excluding steroid dienone is 6. The SMILES string of the molecule is C/C=C\C=C(/CC)C(C)CNC(=O)C(/C=C\C(Nc1nccc2ccc(Cl)cc12)=C(C)C)=C/C. The molecule has 1 aromatic carbocycles. The van der Waals surface area contributed by atoms with Crippen molar-refractivity contribution in [3.05, 3.63) is 94.4 Å². The van der Waals surface area contributed by atoms with Gasteiger partial charge in [-0.15, -0.1) is 0 Å². The number of nitrogens with zero attached hydrogens (tertiary/aromatic N) is 1. The Bertz CT molecular complexity index is 1150. The summed E-state index contributed by atoms with van der Waals surface area (Å²) in [6, 6.07) is 7.70. The molecule has 1 aromatic heterocycles. The van der Waals surface area contributed by atoms with Gasteiger partial charge in [0.25, 0.3) is 5.91 Å². The molecule has 2 aromatic rings. The monoisotopic (exact) mass is 477 g/mol. The number of hydrogen-bond donors (Lipinski definition) is 2. The van der Waals surface area contributed by atoms with Crippen LogP contribution in [0, 0.1) is 5.92 Å². The predicted molar refractivity (Wildman–Crippen MR) is 147 cm³/mol. The number of anilines is 1. The van der Waals surface area contributed by atoms with Gasteiger partial charge in [-0.3, -0.25) is 4.79 Å². The lowest BCUT2D eigenvalue weighted by Gasteiger charge is -2.16. The lowest BCUT2D eigenvalue weighted by molar-refractivity contribution is -0.117. The topological polar surface area (TPSA) is 54.0 Å². The molecule has 1 atom stereocenters. The number of rotatable bonds is 10. The van der Waals surface area contributed by atoms with Gasteiger partial charge >= 0.3 is 0 Å². The molecule has 5 heteroatoms. The second-order valence-electron chi connectivity index (χ2n) is 8.37. The number of pyridine rings is 1. The van der Waals surface area contributed by atoms with Crippen molar-refractivity contribution in [2.75, 3.05) is 11.9 Å². The minimum Gasteiger partial charge on any atom is -0.351 e. The third kappa shape index (κ3) is 7.74. The van der Waals surface area contributed by atoms with Crippen LogP contribution in [-0.4, -0.2) is 17.4 Å². The fourth-order valence-corrected chi connectivity index (χ4v) is 3.68. The van der Waals surface area contributed by atoms with Crippen LogP contribution in [0.15, 0.2) is 89.3 Å². The minimum atomic E-state index is -0.0877. The van der Waals surface area contributed by atoms with Crippen molar-refractivity contribution < 1.29 is 4.79 Å². The number of fused-ring (bicyclic) bond motifs is 1. The average Bonchev–Trinajstić information content (AvgIpc) is 2.82. The van der Waals surface area contributed by atoms with E-state index in [-0.39, 0.29) is 11.8 Å². The third-order valence-electron chi connectivity index (χ3n) is 5.64. The van der Waals surface area contributed by atoms with Crippen molar-refractivity contribution in [2.45, 2.75) is 48.0 Å². The largest absolute Gasteiger partial charge is 0.351 e. The molecule has 180 valence electrons. The van der Waals surface area contributed by atoms with Crippen molar-refractivity contribution >= 4 is 34.1 Å². The fourth-order valence-electron chi connectivity index (χ4n) is 3.51. The first kappa shape index (κ1) is 27.1. The first-order valence-corrected chi connectivity index (χ1v) is 12.1. The molecular formula is C29H36ClN3O. The van der Waals surface area contributed by atoms with Crippen LogP contribution in [0.4, 0.5) is 5.82 Å². The lowest BCUT2D eigenvalue weighted by atomic mass is 9.98. The van der Waals surface area contributed by atoms with Gasteiger partial charge < -0.3 is 10.6 Å². The molecule has 34 heavy (non-hydrogen) atoms. The number of nitrogens with one attached hydrogen (secondary N) is 2. The van der Waals surface area contributed by atoms with E-state index < -0.39 is 0 Å². The zero-order valence-electron chi connectivity index (χ0n) is 21.1. The standard InChI is InChI=1S/C29H36ClN3O/c1-7-10-11-22(8-2)21(6)19-32-29(34)23(9-3)13-15-27(20(4)5)33-28-26-18-25(30)14-12-24(26)16-17-31-28/h7,9-18,21H,8,19H2,1-6H3,(H,31,33)(H,32,34)/b10-7-,15-13-,22-11+,23-9+. The van der Waals surface area contributed by atoms with Crippen molar-refractivity contribution in [3.63, 3.8) is 0 Å². The summed E-state index contributed by atoms with van der Waals surface area (Å²) in [4.78, 5) is 17.3. The molecule has 0 saturated carbocycles. The summed E-state index contributed by atoms with van der Waals surface area (Å²) in [5, 5.41) is 9.13. The van der Waals surface area contributed by atoms with Crippen LogP contribution in [-0.2, 0) is 4.79 Å². The average molecular weight is 478 g/mol. The van der Waals surface area contributed by atoms with Gasteiger partial charge in [0.15, 0.2) is 0 Å². The van der Waals surface area contributed by atoms with Crippen molar-refractivity contribution in [3.8, 4) is 0 Å². The normalized spacial score (nSPS) is 13.5. The van der Waals surface area contributed by atoms with E-state index in [0.717, 1.165) is 34.3 Å². The number of halogens is 1. The molecule has 0 bridgehead atoms. The first-order valence-electron chi connectivity index (χ1n) is 11.7. The van der Waals surface area contributed by atoms with E-state index in [2.05, 4.69) is 35.5 Å². The number of carbonyl (C=O) groups excluding carboxylic acids is 1. The van der Waals surface area contributed by atoms with Gasteiger partial charge in [0.1, 0.15) is 5.82 Å². The molecule has 2 N–H and O–H groups in total. The van der Waals surface area contributed by atoms with Crippen molar-refractivity contribution in [1.29, 1.82) is 0 Å². The highest BCUT2D eigenvalue weighted by atomic mass is 35.5. The first-order chi connectivity index (χ1) is 16.3. The molecule has 0 saturated heterocycles. The number of amides is 1. The van der Waals surface area contributed by atoms with Crippen LogP contribution in [0.3, 0.4) is 0 Å². The summed E-state index contributed by atoms with van der Waals surface area (Å²) < 4.78 is 0. The Morgan fingerprint density at radius 3 is 2.59 bits per heavy atom. The number of benzene rings is 1. The maximum atomic E-state index is 12.8. The number of carbonyl (C=O) groups is 1. The van der Waals surface area contributed by atoms with E-state index in [0.29, 0.717) is 17.1 Å². The van der Waals surface area contributed by atoms with Gasteiger partial charge in [-0.25, -0.2) is 4.98 Å². The Hall–Kier alpha value is -3.11. The summed E-state index contributed by atoms with van der Waals surface area (Å²) in [5.74, 6) is 0.905. The summed E-state index contributed by atoms with van der Waals surface area (Å²) in [6.45, 7) is 12.8. The Labute approximate surface area is 209 Å². The number of aromatic nitrogens is 1. The highest BCUT2D eigenvalue weighted by Crippen LogP contribution is 2.26. The van der Waals surface area contributed by atoms with Crippen LogP contribution in [0.5, 0.6) is 0 Å². The van der Waals surface area contributed by atoms with Gasteiger partial charge in [-0.1, -0.05) is 67.0 Å². The van der Waals surface area contributed by atoms with Crippen LogP contribution < -0.4 is 10.6 Å². The van der Waals surface area contributed by atoms with E-state index in [4.69, 9.17) is 11.6 Å². The highest BCUT2D eigenvalue weighted by molar-refractivity contribution is 6.31.